The van der Waals surface area contributed by atoms with E-state index in [4.69, 9.17) is 0 Å². The molecule has 0 aromatic heterocycles. The van der Waals surface area contributed by atoms with Gasteiger partial charge in [0.15, 0.2) is 0 Å². The van der Waals surface area contributed by atoms with Crippen molar-refractivity contribution in [1.82, 2.24) is 0 Å². The van der Waals surface area contributed by atoms with Crippen molar-refractivity contribution in [1.29, 1.82) is 0 Å². The Morgan fingerprint density at radius 1 is 1.14 bits per heavy atom. The fourth-order valence-corrected chi connectivity index (χ4v) is 1.09. The van der Waals surface area contributed by atoms with Crippen LogP contribution in [-0.2, 0) is 6.42 Å². The van der Waals surface area contributed by atoms with E-state index in [-0.39, 0.29) is 35.5 Å². The van der Waals surface area contributed by atoms with Crippen LogP contribution in [0.4, 0.5) is 0 Å². The van der Waals surface area contributed by atoms with Gasteiger partial charge in [0.1, 0.15) is 0 Å². The molecule has 3 heteroatoms. The second kappa shape index (κ2) is 7.52. The summed E-state index contributed by atoms with van der Waals surface area (Å²) in [6, 6.07) is 10.1. The summed E-state index contributed by atoms with van der Waals surface area (Å²) >= 11 is 0. The largest absolute Gasteiger partial charge is 2.00 e. The Hall–Kier alpha value is 0.236. The van der Waals surface area contributed by atoms with Crippen LogP contribution in [0.3, 0.4) is 0 Å². The molecule has 0 saturated carbocycles. The first-order chi connectivity index (χ1) is 5.58. The zero-order chi connectivity index (χ0) is 9.03. The van der Waals surface area contributed by atoms with Gasteiger partial charge in [0, 0.05) is 0 Å². The third-order valence-electron chi connectivity index (χ3n) is 1.86. The predicted molar refractivity (Wildman–Crippen MR) is 54.6 cm³/mol. The van der Waals surface area contributed by atoms with Crippen LogP contribution in [0.2, 0.25) is 0 Å². The molecule has 0 aliphatic rings. The number of aryl methyl sites for hydroxylation is 1. The average Bonchev–Trinajstić information content (AvgIpc) is 2.02. The first-order valence-corrected chi connectivity index (χ1v) is 4.32. The second-order valence-electron chi connectivity index (χ2n) is 3.75. The van der Waals surface area contributed by atoms with Crippen LogP contribution in [0.5, 0.6) is 0 Å². The Kier molecular flexibility index (Phi) is 8.95. The van der Waals surface area contributed by atoms with E-state index in [2.05, 4.69) is 12.1 Å². The van der Waals surface area contributed by atoms with Crippen LogP contribution >= 0.6 is 0 Å². The summed E-state index contributed by atoms with van der Waals surface area (Å²) in [4.78, 5) is 0. The Morgan fingerprint density at radius 2 is 1.64 bits per heavy atom. The minimum absolute atomic E-state index is 0. The van der Waals surface area contributed by atoms with Gasteiger partial charge in [0.05, 0.1) is 0 Å². The van der Waals surface area contributed by atoms with Gasteiger partial charge in [-0.2, -0.15) is 0 Å². The number of rotatable bonds is 3. The Bertz CT molecular complexity index is 231. The van der Waals surface area contributed by atoms with E-state index < -0.39 is 5.60 Å². The molecule has 0 aliphatic carbocycles. The van der Waals surface area contributed by atoms with Gasteiger partial charge in [-0.1, -0.05) is 50.6 Å². The zero-order valence-corrected chi connectivity index (χ0v) is 11.0. The molecule has 0 saturated heterocycles. The SMILES string of the molecule is CC(C)([O-])CCc1ccccc1.[Cl-].[Mg+2]. The fourth-order valence-electron chi connectivity index (χ4n) is 1.09. The van der Waals surface area contributed by atoms with Crippen molar-refractivity contribution in [3.05, 3.63) is 35.9 Å². The van der Waals surface area contributed by atoms with Crippen LogP contribution in [0.1, 0.15) is 25.8 Å². The van der Waals surface area contributed by atoms with Gasteiger partial charge < -0.3 is 17.5 Å². The summed E-state index contributed by atoms with van der Waals surface area (Å²) in [6.07, 6.45) is 1.59. The standard InChI is InChI=1S/C11H15O.ClH.Mg/c1-11(2,12)9-8-10-6-4-3-5-7-10;;/h3-7H,8-9H2,1-2H3;1H;/q-1;;+2/p-1. The molecule has 0 fully saturated rings. The van der Waals surface area contributed by atoms with Crippen LogP contribution in [0.25, 0.3) is 0 Å². The molecule has 14 heavy (non-hydrogen) atoms. The molecule has 0 atom stereocenters. The van der Waals surface area contributed by atoms with Crippen molar-refractivity contribution in [2.45, 2.75) is 32.3 Å². The molecule has 1 rings (SSSR count). The molecule has 0 N–H and O–H groups in total. The summed E-state index contributed by atoms with van der Waals surface area (Å²) < 4.78 is 0. The summed E-state index contributed by atoms with van der Waals surface area (Å²) in [6.45, 7) is 3.46. The molecular formula is C11H15ClMgO. The van der Waals surface area contributed by atoms with E-state index >= 15 is 0 Å². The molecule has 0 spiro atoms. The third-order valence-corrected chi connectivity index (χ3v) is 1.86. The van der Waals surface area contributed by atoms with Crippen molar-refractivity contribution < 1.29 is 17.5 Å². The molecule has 1 aromatic rings. The van der Waals surface area contributed by atoms with E-state index in [0.29, 0.717) is 6.42 Å². The maximum Gasteiger partial charge on any atom is 2.00 e. The van der Waals surface area contributed by atoms with Crippen molar-refractivity contribution in [3.63, 3.8) is 0 Å². The van der Waals surface area contributed by atoms with Crippen molar-refractivity contribution >= 4 is 23.1 Å². The molecule has 74 valence electrons. The summed E-state index contributed by atoms with van der Waals surface area (Å²) in [5, 5.41) is 11.3. The molecule has 1 aromatic carbocycles. The summed E-state index contributed by atoms with van der Waals surface area (Å²) in [7, 11) is 0. The van der Waals surface area contributed by atoms with Gasteiger partial charge >= 0.3 is 23.1 Å². The normalized spacial score (nSPS) is 9.93. The maximum absolute atomic E-state index is 11.3. The van der Waals surface area contributed by atoms with E-state index in [1.165, 1.54) is 5.56 Å². The van der Waals surface area contributed by atoms with Gasteiger partial charge in [0.2, 0.25) is 0 Å². The number of benzene rings is 1. The molecule has 0 bridgehead atoms. The average molecular weight is 223 g/mol. The van der Waals surface area contributed by atoms with E-state index in [1.54, 1.807) is 13.8 Å². The molecule has 1 nitrogen and oxygen atoms in total. The van der Waals surface area contributed by atoms with Crippen LogP contribution in [0.15, 0.2) is 30.3 Å². The molecule has 0 radical (unpaired) electrons. The number of hydrogen-bond acceptors (Lipinski definition) is 1. The van der Waals surface area contributed by atoms with Crippen LogP contribution in [-0.4, -0.2) is 28.7 Å². The minimum atomic E-state index is -0.796. The topological polar surface area (TPSA) is 23.1 Å². The fraction of sp³-hybridized carbons (Fsp3) is 0.455. The Labute approximate surface area is 108 Å². The molecule has 0 heterocycles. The third kappa shape index (κ3) is 7.62. The summed E-state index contributed by atoms with van der Waals surface area (Å²) in [5.74, 6) is 0. The van der Waals surface area contributed by atoms with E-state index in [0.717, 1.165) is 6.42 Å². The molecular weight excluding hydrogens is 208 g/mol. The van der Waals surface area contributed by atoms with Gasteiger partial charge in [-0.3, -0.25) is 0 Å². The van der Waals surface area contributed by atoms with Crippen LogP contribution in [0, 0.1) is 0 Å². The first-order valence-electron chi connectivity index (χ1n) is 4.32. The number of halogens is 1. The maximum atomic E-state index is 11.3. The second-order valence-corrected chi connectivity index (χ2v) is 3.75. The molecule has 0 aliphatic heterocycles. The van der Waals surface area contributed by atoms with Crippen molar-refractivity contribution in [3.8, 4) is 0 Å². The van der Waals surface area contributed by atoms with Gasteiger partial charge in [-0.15, -0.1) is 5.60 Å². The Balaban J connectivity index is 0. The van der Waals surface area contributed by atoms with E-state index in [9.17, 15) is 5.11 Å². The van der Waals surface area contributed by atoms with Crippen LogP contribution < -0.4 is 17.5 Å². The van der Waals surface area contributed by atoms with Crippen molar-refractivity contribution in [2.75, 3.05) is 0 Å². The summed E-state index contributed by atoms with van der Waals surface area (Å²) in [5.41, 5.74) is 0.456. The van der Waals surface area contributed by atoms with Crippen molar-refractivity contribution in [2.24, 2.45) is 0 Å². The molecule has 0 amide bonds. The van der Waals surface area contributed by atoms with E-state index in [1.807, 2.05) is 18.2 Å². The number of hydrogen-bond donors (Lipinski definition) is 0. The monoisotopic (exact) mass is 222 g/mol. The quantitative estimate of drug-likeness (QED) is 0.565. The van der Waals surface area contributed by atoms with Gasteiger partial charge in [-0.25, -0.2) is 0 Å². The Morgan fingerprint density at radius 3 is 2.07 bits per heavy atom. The minimum Gasteiger partial charge on any atom is -1.00 e. The first kappa shape index (κ1) is 16.7. The zero-order valence-electron chi connectivity index (χ0n) is 8.79. The van der Waals surface area contributed by atoms with Gasteiger partial charge in [0.25, 0.3) is 0 Å². The molecule has 0 unspecified atom stereocenters. The smallest absolute Gasteiger partial charge is 1.00 e. The van der Waals surface area contributed by atoms with Gasteiger partial charge in [-0.05, 0) is 12.0 Å². The predicted octanol–water partition coefficient (Wildman–Crippen LogP) is -1.62.